The molecule has 0 aliphatic heterocycles. The molecule has 0 rings (SSSR count). The van der Waals surface area contributed by atoms with Crippen LogP contribution in [0, 0.1) is 0 Å². The number of hydrogen-bond donors (Lipinski definition) is 3. The summed E-state index contributed by atoms with van der Waals surface area (Å²) in [4.78, 5) is 36.0. The normalized spacial score (nSPS) is 12.8. The number of esters is 1. The standard InChI is InChI=1S/C36H68N2O5/c1-3-5-7-9-10-11-12-13-14-15-16-17-18-19-24-30-35(40)43-32(26-21-8-6-4-2)27-22-20-23-29-34(39)38-33(36(41)42)28-25-31-37/h13-14,32-33H,3-12,15-31,37H2,1-2H3,(H,38,39)(H,41,42)/b14-13-. The molecule has 4 N–H and O–H groups in total. The molecule has 0 fully saturated rings. The second-order valence-corrected chi connectivity index (χ2v) is 12.3. The van der Waals surface area contributed by atoms with E-state index in [1.54, 1.807) is 0 Å². The largest absolute Gasteiger partial charge is 0.480 e. The Morgan fingerprint density at radius 1 is 0.651 bits per heavy atom. The molecule has 7 nitrogen and oxygen atoms in total. The highest BCUT2D eigenvalue weighted by Crippen LogP contribution is 2.17. The molecule has 7 heteroatoms. The second-order valence-electron chi connectivity index (χ2n) is 12.3. The van der Waals surface area contributed by atoms with Gasteiger partial charge in [0.25, 0.3) is 0 Å². The minimum absolute atomic E-state index is 0.0473. The van der Waals surface area contributed by atoms with E-state index in [0.29, 0.717) is 38.6 Å². The third-order valence-electron chi connectivity index (χ3n) is 8.08. The number of nitrogens with one attached hydrogen (secondary N) is 1. The van der Waals surface area contributed by atoms with Crippen molar-refractivity contribution in [2.24, 2.45) is 5.73 Å². The lowest BCUT2D eigenvalue weighted by Gasteiger charge is -2.18. The van der Waals surface area contributed by atoms with Crippen molar-refractivity contribution in [1.29, 1.82) is 0 Å². The molecule has 43 heavy (non-hydrogen) atoms. The van der Waals surface area contributed by atoms with Crippen LogP contribution in [0.1, 0.15) is 181 Å². The number of carbonyl (C=O) groups excluding carboxylic acids is 2. The lowest BCUT2D eigenvalue weighted by atomic mass is 10.0. The Bertz CT molecular complexity index is 697. The van der Waals surface area contributed by atoms with Crippen molar-refractivity contribution in [3.63, 3.8) is 0 Å². The molecule has 0 saturated heterocycles. The summed E-state index contributed by atoms with van der Waals surface area (Å²) in [5.41, 5.74) is 5.46. The number of carboxylic acids is 1. The molecule has 0 aliphatic rings. The van der Waals surface area contributed by atoms with Gasteiger partial charge in [0.1, 0.15) is 12.1 Å². The number of unbranched alkanes of at least 4 members (excludes halogenated alkanes) is 16. The molecular formula is C36H68N2O5. The van der Waals surface area contributed by atoms with Gasteiger partial charge in [0, 0.05) is 12.8 Å². The molecule has 2 unspecified atom stereocenters. The Morgan fingerprint density at radius 3 is 1.70 bits per heavy atom. The number of ether oxygens (including phenoxy) is 1. The van der Waals surface area contributed by atoms with E-state index in [9.17, 15) is 19.5 Å². The molecule has 2 atom stereocenters. The first-order valence-corrected chi connectivity index (χ1v) is 18.0. The van der Waals surface area contributed by atoms with Crippen LogP contribution in [0.25, 0.3) is 0 Å². The molecule has 1 amide bonds. The van der Waals surface area contributed by atoms with Crippen molar-refractivity contribution < 1.29 is 24.2 Å². The Balaban J connectivity index is 4.08. The fourth-order valence-corrected chi connectivity index (χ4v) is 5.33. The number of rotatable bonds is 32. The zero-order valence-corrected chi connectivity index (χ0v) is 28.1. The fourth-order valence-electron chi connectivity index (χ4n) is 5.33. The van der Waals surface area contributed by atoms with Crippen molar-refractivity contribution in [1.82, 2.24) is 5.32 Å². The van der Waals surface area contributed by atoms with Crippen LogP contribution >= 0.6 is 0 Å². The summed E-state index contributed by atoms with van der Waals surface area (Å²) in [6.07, 6.45) is 31.3. The van der Waals surface area contributed by atoms with Gasteiger partial charge < -0.3 is 20.9 Å². The van der Waals surface area contributed by atoms with Crippen molar-refractivity contribution >= 4 is 17.8 Å². The third-order valence-corrected chi connectivity index (χ3v) is 8.08. The van der Waals surface area contributed by atoms with Crippen LogP contribution in [0.15, 0.2) is 12.2 Å². The van der Waals surface area contributed by atoms with Gasteiger partial charge >= 0.3 is 11.9 Å². The number of aliphatic carboxylic acids is 1. The van der Waals surface area contributed by atoms with Gasteiger partial charge in [0.15, 0.2) is 0 Å². The zero-order valence-electron chi connectivity index (χ0n) is 28.1. The molecule has 0 spiro atoms. The van der Waals surface area contributed by atoms with Crippen LogP contribution in [0.4, 0.5) is 0 Å². The lowest BCUT2D eigenvalue weighted by Crippen LogP contribution is -2.40. The summed E-state index contributed by atoms with van der Waals surface area (Å²) in [5.74, 6) is -1.32. The Labute approximate surface area is 264 Å². The Morgan fingerprint density at radius 2 is 1.14 bits per heavy atom. The summed E-state index contributed by atoms with van der Waals surface area (Å²) >= 11 is 0. The van der Waals surface area contributed by atoms with Crippen LogP contribution in [0.3, 0.4) is 0 Å². The van der Waals surface area contributed by atoms with Gasteiger partial charge in [-0.25, -0.2) is 4.79 Å². The summed E-state index contributed by atoms with van der Waals surface area (Å²) in [6, 6.07) is -0.871. The molecule has 0 radical (unpaired) electrons. The summed E-state index contributed by atoms with van der Waals surface area (Å²) in [7, 11) is 0. The van der Waals surface area contributed by atoms with Crippen molar-refractivity contribution in [3.8, 4) is 0 Å². The first kappa shape index (κ1) is 41.1. The molecule has 0 aromatic carbocycles. The van der Waals surface area contributed by atoms with Gasteiger partial charge in [-0.15, -0.1) is 0 Å². The fraction of sp³-hybridized carbons (Fsp3) is 0.861. The van der Waals surface area contributed by atoms with E-state index in [4.69, 9.17) is 10.5 Å². The van der Waals surface area contributed by atoms with Crippen LogP contribution in [-0.4, -0.2) is 41.6 Å². The van der Waals surface area contributed by atoms with E-state index < -0.39 is 12.0 Å². The van der Waals surface area contributed by atoms with Gasteiger partial charge in [0.05, 0.1) is 0 Å². The van der Waals surface area contributed by atoms with E-state index in [1.165, 1.54) is 83.5 Å². The maximum atomic E-state index is 12.5. The van der Waals surface area contributed by atoms with Crippen molar-refractivity contribution in [2.75, 3.05) is 6.54 Å². The highest BCUT2D eigenvalue weighted by molar-refractivity contribution is 5.83. The van der Waals surface area contributed by atoms with E-state index >= 15 is 0 Å². The number of nitrogens with two attached hydrogens (primary N) is 1. The molecule has 0 heterocycles. The quantitative estimate of drug-likeness (QED) is 0.0398. The highest BCUT2D eigenvalue weighted by Gasteiger charge is 2.19. The first-order chi connectivity index (χ1) is 20.9. The molecule has 252 valence electrons. The zero-order chi connectivity index (χ0) is 31.8. The predicted octanol–water partition coefficient (Wildman–Crippen LogP) is 9.16. The molecular weight excluding hydrogens is 540 g/mol. The van der Waals surface area contributed by atoms with E-state index in [0.717, 1.165) is 51.4 Å². The third kappa shape index (κ3) is 28.6. The van der Waals surface area contributed by atoms with Crippen LogP contribution in [0.5, 0.6) is 0 Å². The minimum atomic E-state index is -1.02. The maximum absolute atomic E-state index is 12.5. The van der Waals surface area contributed by atoms with E-state index in [1.807, 2.05) is 0 Å². The number of amides is 1. The SMILES string of the molecule is CCCCCCCC/C=C\CCCCCCCC(=O)OC(CCCCCC)CCCCCC(=O)NC(CCCN)C(=O)O. The van der Waals surface area contributed by atoms with Crippen LogP contribution in [-0.2, 0) is 19.1 Å². The van der Waals surface area contributed by atoms with Gasteiger partial charge in [-0.2, -0.15) is 0 Å². The number of carbonyl (C=O) groups is 3. The topological polar surface area (TPSA) is 119 Å². The van der Waals surface area contributed by atoms with Gasteiger partial charge in [-0.1, -0.05) is 103 Å². The van der Waals surface area contributed by atoms with E-state index in [2.05, 4.69) is 31.3 Å². The molecule has 0 saturated carbocycles. The molecule has 0 bridgehead atoms. The number of carboxylic acid groups (broad SMARTS) is 1. The van der Waals surface area contributed by atoms with E-state index in [-0.39, 0.29) is 18.0 Å². The van der Waals surface area contributed by atoms with Crippen LogP contribution < -0.4 is 11.1 Å². The van der Waals surface area contributed by atoms with Gasteiger partial charge in [0.2, 0.25) is 5.91 Å². The lowest BCUT2D eigenvalue weighted by molar-refractivity contribution is -0.150. The average molecular weight is 609 g/mol. The van der Waals surface area contributed by atoms with Crippen LogP contribution in [0.2, 0.25) is 0 Å². The molecule has 0 aromatic heterocycles. The van der Waals surface area contributed by atoms with Gasteiger partial charge in [-0.3, -0.25) is 9.59 Å². The minimum Gasteiger partial charge on any atom is -0.480 e. The summed E-state index contributed by atoms with van der Waals surface area (Å²) < 4.78 is 5.89. The predicted molar refractivity (Wildman–Crippen MR) is 179 cm³/mol. The summed E-state index contributed by atoms with van der Waals surface area (Å²) in [5, 5.41) is 11.9. The second kappa shape index (κ2) is 31.5. The molecule has 0 aromatic rings. The molecule has 0 aliphatic carbocycles. The van der Waals surface area contributed by atoms with Crippen molar-refractivity contribution in [3.05, 3.63) is 12.2 Å². The smallest absolute Gasteiger partial charge is 0.326 e. The monoisotopic (exact) mass is 609 g/mol. The highest BCUT2D eigenvalue weighted by atomic mass is 16.5. The Kier molecular flexibility index (Phi) is 30.1. The first-order valence-electron chi connectivity index (χ1n) is 18.0. The Hall–Kier alpha value is -1.89. The average Bonchev–Trinajstić information content (AvgIpc) is 2.98. The van der Waals surface area contributed by atoms with Gasteiger partial charge in [-0.05, 0) is 83.6 Å². The maximum Gasteiger partial charge on any atom is 0.326 e. The number of allylic oxidation sites excluding steroid dienone is 2. The van der Waals surface area contributed by atoms with Crippen molar-refractivity contribution in [2.45, 2.75) is 193 Å². The number of hydrogen-bond acceptors (Lipinski definition) is 5. The summed E-state index contributed by atoms with van der Waals surface area (Å²) in [6.45, 7) is 4.86.